The lowest BCUT2D eigenvalue weighted by molar-refractivity contribution is 0.174. The molecule has 1 saturated heterocycles. The number of urea groups is 1. The van der Waals surface area contributed by atoms with Crippen LogP contribution in [0.25, 0.3) is 10.2 Å². The first-order chi connectivity index (χ1) is 13.3. The van der Waals surface area contributed by atoms with Gasteiger partial charge in [-0.3, -0.25) is 0 Å². The highest BCUT2D eigenvalue weighted by atomic mass is 32.1. The van der Waals surface area contributed by atoms with Crippen molar-refractivity contribution in [2.45, 2.75) is 25.4 Å². The first kappa shape index (κ1) is 16.4. The molecule has 7 heteroatoms. The lowest BCUT2D eigenvalue weighted by atomic mass is 10.2. The second-order valence-electron chi connectivity index (χ2n) is 6.72. The molecule has 0 spiro atoms. The monoisotopic (exact) mass is 381 g/mol. The Balaban J connectivity index is 1.29. The number of aromatic nitrogens is 1. The normalized spacial score (nSPS) is 18.2. The molecule has 1 N–H and O–H groups in total. The van der Waals surface area contributed by atoms with E-state index >= 15 is 0 Å². The molecule has 0 radical (unpaired) electrons. The summed E-state index contributed by atoms with van der Waals surface area (Å²) in [6, 6.07) is 13.9. The Morgan fingerprint density at radius 3 is 3.04 bits per heavy atom. The number of likely N-dealkylation sites (tertiary alicyclic amines) is 1. The van der Waals surface area contributed by atoms with Crippen LogP contribution in [0.4, 0.5) is 4.79 Å². The van der Waals surface area contributed by atoms with Gasteiger partial charge in [0.15, 0.2) is 11.5 Å². The van der Waals surface area contributed by atoms with Crippen LogP contribution in [0.1, 0.15) is 29.5 Å². The van der Waals surface area contributed by atoms with Crippen molar-refractivity contribution in [3.05, 3.63) is 53.0 Å². The number of fused-ring (bicyclic) bond motifs is 2. The van der Waals surface area contributed by atoms with Crippen molar-refractivity contribution in [1.82, 2.24) is 15.2 Å². The highest BCUT2D eigenvalue weighted by Gasteiger charge is 2.32. The van der Waals surface area contributed by atoms with Crippen molar-refractivity contribution in [2.24, 2.45) is 0 Å². The van der Waals surface area contributed by atoms with Crippen LogP contribution in [0.5, 0.6) is 11.5 Å². The zero-order chi connectivity index (χ0) is 18.2. The maximum atomic E-state index is 12.8. The van der Waals surface area contributed by atoms with Gasteiger partial charge >= 0.3 is 6.03 Å². The van der Waals surface area contributed by atoms with E-state index in [0.717, 1.165) is 47.0 Å². The van der Waals surface area contributed by atoms with E-state index in [4.69, 9.17) is 14.5 Å². The van der Waals surface area contributed by atoms with E-state index in [1.165, 1.54) is 4.70 Å². The Labute approximate surface area is 160 Å². The van der Waals surface area contributed by atoms with Gasteiger partial charge in [-0.25, -0.2) is 9.78 Å². The molecule has 5 rings (SSSR count). The van der Waals surface area contributed by atoms with Crippen molar-refractivity contribution in [1.29, 1.82) is 0 Å². The minimum atomic E-state index is -0.0468. The molecule has 2 amide bonds. The van der Waals surface area contributed by atoms with E-state index in [-0.39, 0.29) is 18.9 Å². The third-order valence-corrected chi connectivity index (χ3v) is 6.13. The van der Waals surface area contributed by atoms with Crippen LogP contribution in [0.15, 0.2) is 42.5 Å². The molecule has 1 fully saturated rings. The molecule has 1 atom stereocenters. The average molecular weight is 381 g/mol. The third-order valence-electron chi connectivity index (χ3n) is 4.99. The number of ether oxygens (including phenoxy) is 2. The first-order valence-corrected chi connectivity index (χ1v) is 9.88. The van der Waals surface area contributed by atoms with E-state index < -0.39 is 0 Å². The molecule has 1 aromatic heterocycles. The first-order valence-electron chi connectivity index (χ1n) is 9.06. The Morgan fingerprint density at radius 2 is 2.11 bits per heavy atom. The van der Waals surface area contributed by atoms with E-state index in [0.29, 0.717) is 6.54 Å². The van der Waals surface area contributed by atoms with Gasteiger partial charge in [0.05, 0.1) is 16.3 Å². The minimum absolute atomic E-state index is 0.0468. The molecular formula is C20H19N3O3S. The summed E-state index contributed by atoms with van der Waals surface area (Å²) in [5.41, 5.74) is 1.99. The van der Waals surface area contributed by atoms with Gasteiger partial charge in [0, 0.05) is 13.1 Å². The second-order valence-corrected chi connectivity index (χ2v) is 7.78. The molecule has 3 aromatic rings. The van der Waals surface area contributed by atoms with Crippen molar-refractivity contribution < 1.29 is 14.3 Å². The van der Waals surface area contributed by atoms with Gasteiger partial charge in [0.25, 0.3) is 0 Å². The fraction of sp³-hybridized carbons (Fsp3) is 0.300. The van der Waals surface area contributed by atoms with Crippen LogP contribution in [-0.4, -0.2) is 29.3 Å². The Morgan fingerprint density at radius 1 is 1.22 bits per heavy atom. The SMILES string of the molecule is O=C(NCc1ccc2c(c1)OCO2)N1CCC[C@@H]1c1nc2ccccc2s1. The molecule has 138 valence electrons. The van der Waals surface area contributed by atoms with Crippen LogP contribution in [0.3, 0.4) is 0 Å². The molecule has 0 aliphatic carbocycles. The lowest BCUT2D eigenvalue weighted by Gasteiger charge is -2.23. The molecule has 0 unspecified atom stereocenters. The number of para-hydroxylation sites is 1. The fourth-order valence-corrected chi connectivity index (χ4v) is 4.74. The lowest BCUT2D eigenvalue weighted by Crippen LogP contribution is -2.39. The number of rotatable bonds is 3. The summed E-state index contributed by atoms with van der Waals surface area (Å²) in [6.45, 7) is 1.47. The van der Waals surface area contributed by atoms with Crippen molar-refractivity contribution in [3.8, 4) is 11.5 Å². The van der Waals surface area contributed by atoms with Crippen LogP contribution >= 0.6 is 11.3 Å². The van der Waals surface area contributed by atoms with Gasteiger partial charge in [-0.2, -0.15) is 0 Å². The second kappa shape index (κ2) is 6.74. The quantitative estimate of drug-likeness (QED) is 0.743. The molecule has 2 aliphatic rings. The summed E-state index contributed by atoms with van der Waals surface area (Å²) in [5, 5.41) is 4.05. The summed E-state index contributed by atoms with van der Waals surface area (Å²) in [5.74, 6) is 1.48. The average Bonchev–Trinajstić information content (AvgIpc) is 3.43. The summed E-state index contributed by atoms with van der Waals surface area (Å²) >= 11 is 1.68. The molecular weight excluding hydrogens is 362 g/mol. The van der Waals surface area contributed by atoms with Crippen LogP contribution in [0, 0.1) is 0 Å². The van der Waals surface area contributed by atoms with Crippen LogP contribution in [-0.2, 0) is 6.54 Å². The Hall–Kier alpha value is -2.80. The summed E-state index contributed by atoms with van der Waals surface area (Å²) in [4.78, 5) is 19.4. The highest BCUT2D eigenvalue weighted by Crippen LogP contribution is 2.36. The minimum Gasteiger partial charge on any atom is -0.454 e. The van der Waals surface area contributed by atoms with Gasteiger partial charge in [-0.05, 0) is 42.7 Å². The molecule has 27 heavy (non-hydrogen) atoms. The van der Waals surface area contributed by atoms with E-state index in [1.54, 1.807) is 11.3 Å². The van der Waals surface area contributed by atoms with E-state index in [2.05, 4.69) is 11.4 Å². The van der Waals surface area contributed by atoms with Gasteiger partial charge in [-0.1, -0.05) is 18.2 Å². The number of carbonyl (C=O) groups excluding carboxylic acids is 1. The van der Waals surface area contributed by atoms with Crippen LogP contribution < -0.4 is 14.8 Å². The number of amides is 2. The molecule has 6 nitrogen and oxygen atoms in total. The third kappa shape index (κ3) is 3.08. The zero-order valence-electron chi connectivity index (χ0n) is 14.7. The highest BCUT2D eigenvalue weighted by molar-refractivity contribution is 7.18. The van der Waals surface area contributed by atoms with E-state index in [9.17, 15) is 4.79 Å². The molecule has 0 bridgehead atoms. The smallest absolute Gasteiger partial charge is 0.318 e. The number of nitrogens with one attached hydrogen (secondary N) is 1. The number of thiazole rings is 1. The van der Waals surface area contributed by atoms with Crippen molar-refractivity contribution >= 4 is 27.6 Å². The molecule has 2 aromatic carbocycles. The van der Waals surface area contributed by atoms with Crippen molar-refractivity contribution in [2.75, 3.05) is 13.3 Å². The number of carbonyl (C=O) groups is 1. The van der Waals surface area contributed by atoms with Gasteiger partial charge in [0.1, 0.15) is 5.01 Å². The molecule has 2 aliphatic heterocycles. The zero-order valence-corrected chi connectivity index (χ0v) is 15.5. The fourth-order valence-electron chi connectivity index (χ4n) is 3.63. The van der Waals surface area contributed by atoms with Gasteiger partial charge in [-0.15, -0.1) is 11.3 Å². The predicted octanol–water partition coefficient (Wildman–Crippen LogP) is 4.07. The van der Waals surface area contributed by atoms with Gasteiger partial charge in [0.2, 0.25) is 6.79 Å². The number of hydrogen-bond donors (Lipinski definition) is 1. The van der Waals surface area contributed by atoms with Crippen LogP contribution in [0.2, 0.25) is 0 Å². The summed E-state index contributed by atoms with van der Waals surface area (Å²) in [7, 11) is 0. The predicted molar refractivity (Wildman–Crippen MR) is 103 cm³/mol. The number of nitrogens with zero attached hydrogens (tertiary/aromatic N) is 2. The topological polar surface area (TPSA) is 63.7 Å². The maximum Gasteiger partial charge on any atom is 0.318 e. The number of hydrogen-bond acceptors (Lipinski definition) is 5. The molecule has 0 saturated carbocycles. The summed E-state index contributed by atoms with van der Waals surface area (Å²) < 4.78 is 11.9. The largest absolute Gasteiger partial charge is 0.454 e. The Bertz CT molecular complexity index is 970. The maximum absolute atomic E-state index is 12.8. The standard InChI is InChI=1S/C20H19N3O3S/c24-20(21-11-13-7-8-16-17(10-13)26-12-25-16)23-9-3-5-15(23)19-22-14-4-1-2-6-18(14)27-19/h1-2,4,6-8,10,15H,3,5,9,11-12H2,(H,21,24)/t15-/m1/s1. The van der Waals surface area contributed by atoms with Gasteiger partial charge < -0.3 is 19.7 Å². The molecule has 3 heterocycles. The Kier molecular flexibility index (Phi) is 4.09. The van der Waals surface area contributed by atoms with Crippen molar-refractivity contribution in [3.63, 3.8) is 0 Å². The summed E-state index contributed by atoms with van der Waals surface area (Å²) in [6.07, 6.45) is 1.95. The number of benzene rings is 2. The van der Waals surface area contributed by atoms with E-state index in [1.807, 2.05) is 41.3 Å².